The summed E-state index contributed by atoms with van der Waals surface area (Å²) in [5.74, 6) is -0.412. The van der Waals surface area contributed by atoms with Crippen LogP contribution in [0.2, 0.25) is 5.02 Å². The summed E-state index contributed by atoms with van der Waals surface area (Å²) in [4.78, 5) is 28.3. The van der Waals surface area contributed by atoms with Crippen molar-refractivity contribution in [2.75, 3.05) is 24.5 Å². The average molecular weight is 572 g/mol. The number of halogens is 1. The number of carbonyl (C=O) groups excluding carboxylic acids is 2. The lowest BCUT2D eigenvalue weighted by Crippen LogP contribution is -2.51. The first-order valence-electron chi connectivity index (χ1n) is 12.7. The van der Waals surface area contributed by atoms with E-state index in [1.165, 1.54) is 24.1 Å². The molecule has 8 nitrogen and oxygen atoms in total. The van der Waals surface area contributed by atoms with Gasteiger partial charge >= 0.3 is 0 Å². The van der Waals surface area contributed by atoms with Crippen molar-refractivity contribution in [3.63, 3.8) is 0 Å². The van der Waals surface area contributed by atoms with E-state index in [-0.39, 0.29) is 23.0 Å². The van der Waals surface area contributed by atoms with Gasteiger partial charge in [0, 0.05) is 24.2 Å². The molecule has 0 saturated carbocycles. The molecule has 1 unspecified atom stereocenters. The van der Waals surface area contributed by atoms with Crippen LogP contribution in [0.3, 0.4) is 0 Å². The molecule has 0 aliphatic heterocycles. The van der Waals surface area contributed by atoms with Gasteiger partial charge in [0.25, 0.3) is 10.0 Å². The first-order chi connectivity index (χ1) is 18.7. The first kappa shape index (κ1) is 30.0. The van der Waals surface area contributed by atoms with Crippen LogP contribution in [0.15, 0.2) is 83.8 Å². The molecule has 2 amide bonds. The van der Waals surface area contributed by atoms with Crippen molar-refractivity contribution < 1.29 is 22.7 Å². The number of methoxy groups -OCH3 is 1. The zero-order valence-corrected chi connectivity index (χ0v) is 23.9. The quantitative estimate of drug-likeness (QED) is 0.295. The Morgan fingerprint density at radius 2 is 1.69 bits per heavy atom. The second-order valence-electron chi connectivity index (χ2n) is 8.99. The largest absolute Gasteiger partial charge is 0.497 e. The number of carbonyl (C=O) groups is 2. The Morgan fingerprint density at radius 1 is 1.00 bits per heavy atom. The second kappa shape index (κ2) is 14.0. The summed E-state index contributed by atoms with van der Waals surface area (Å²) in [6.07, 6.45) is 1.72. The second-order valence-corrected chi connectivity index (χ2v) is 11.3. The van der Waals surface area contributed by atoms with E-state index in [0.717, 1.165) is 22.7 Å². The fourth-order valence-electron chi connectivity index (χ4n) is 3.92. The van der Waals surface area contributed by atoms with Crippen molar-refractivity contribution >= 4 is 39.1 Å². The Kier molecular flexibility index (Phi) is 10.8. The number of unbranched alkanes of at least 4 members (excludes halogenated alkanes) is 1. The van der Waals surface area contributed by atoms with Gasteiger partial charge in [0.2, 0.25) is 11.8 Å². The molecule has 1 atom stereocenters. The maximum absolute atomic E-state index is 13.9. The Bertz CT molecular complexity index is 1350. The maximum Gasteiger partial charge on any atom is 0.264 e. The summed E-state index contributed by atoms with van der Waals surface area (Å²) in [5, 5.41) is 3.41. The Balaban J connectivity index is 2.00. The third kappa shape index (κ3) is 7.97. The number of hydrogen-bond acceptors (Lipinski definition) is 5. The molecule has 0 fully saturated rings. The molecule has 39 heavy (non-hydrogen) atoms. The number of sulfonamides is 1. The van der Waals surface area contributed by atoms with Gasteiger partial charge in [0.05, 0.1) is 17.7 Å². The molecule has 1 N–H and O–H groups in total. The number of hydrogen-bond donors (Lipinski definition) is 1. The van der Waals surface area contributed by atoms with Crippen LogP contribution in [0, 0.1) is 0 Å². The predicted molar refractivity (Wildman–Crippen MR) is 153 cm³/mol. The van der Waals surface area contributed by atoms with E-state index in [0.29, 0.717) is 17.3 Å². The van der Waals surface area contributed by atoms with Crippen LogP contribution in [-0.4, -0.2) is 51.4 Å². The van der Waals surface area contributed by atoms with Gasteiger partial charge in [-0.05, 0) is 55.3 Å². The predicted octanol–water partition coefficient (Wildman–Crippen LogP) is 4.88. The Labute approximate surface area is 235 Å². The van der Waals surface area contributed by atoms with Gasteiger partial charge in [0.1, 0.15) is 18.3 Å². The molecule has 0 heterocycles. The molecular weight excluding hydrogens is 538 g/mol. The monoisotopic (exact) mass is 571 g/mol. The van der Waals surface area contributed by atoms with Gasteiger partial charge in [-0.2, -0.15) is 0 Å². The number of ether oxygens (including phenoxy) is 1. The Morgan fingerprint density at radius 3 is 2.33 bits per heavy atom. The van der Waals surface area contributed by atoms with Gasteiger partial charge in [0.15, 0.2) is 0 Å². The molecule has 3 aromatic carbocycles. The van der Waals surface area contributed by atoms with Crippen LogP contribution >= 0.6 is 11.6 Å². The zero-order chi connectivity index (χ0) is 28.4. The number of amides is 2. The molecule has 0 spiro atoms. The van der Waals surface area contributed by atoms with Crippen LogP contribution in [0.4, 0.5) is 5.69 Å². The highest BCUT2D eigenvalue weighted by Crippen LogP contribution is 2.27. The maximum atomic E-state index is 13.9. The topological polar surface area (TPSA) is 96.0 Å². The first-order valence-corrected chi connectivity index (χ1v) is 14.5. The summed E-state index contributed by atoms with van der Waals surface area (Å²) >= 11 is 6.04. The summed E-state index contributed by atoms with van der Waals surface area (Å²) in [7, 11) is -2.66. The molecule has 0 aliphatic rings. The van der Waals surface area contributed by atoms with E-state index < -0.39 is 28.5 Å². The Hall–Kier alpha value is -3.56. The van der Waals surface area contributed by atoms with Gasteiger partial charge in [-0.15, -0.1) is 0 Å². The highest BCUT2D eigenvalue weighted by atomic mass is 35.5. The van der Waals surface area contributed by atoms with E-state index in [1.54, 1.807) is 73.7 Å². The minimum atomic E-state index is -4.14. The van der Waals surface area contributed by atoms with E-state index in [1.807, 2.05) is 6.92 Å². The minimum Gasteiger partial charge on any atom is -0.497 e. The number of nitrogens with zero attached hydrogens (tertiary/aromatic N) is 2. The molecule has 3 aromatic rings. The van der Waals surface area contributed by atoms with Crippen LogP contribution < -0.4 is 14.4 Å². The number of anilines is 1. The third-order valence-electron chi connectivity index (χ3n) is 6.21. The van der Waals surface area contributed by atoms with Crippen molar-refractivity contribution in [2.45, 2.75) is 44.2 Å². The molecule has 0 aliphatic carbocycles. The summed E-state index contributed by atoms with van der Waals surface area (Å²) in [5.41, 5.74) is 1.01. The fraction of sp³-hybridized carbons (Fsp3) is 0.310. The highest BCUT2D eigenvalue weighted by molar-refractivity contribution is 7.92. The average Bonchev–Trinajstić information content (AvgIpc) is 2.95. The van der Waals surface area contributed by atoms with Crippen molar-refractivity contribution in [2.24, 2.45) is 0 Å². The molecule has 0 saturated heterocycles. The van der Waals surface area contributed by atoms with Crippen molar-refractivity contribution in [1.29, 1.82) is 0 Å². The van der Waals surface area contributed by atoms with Crippen molar-refractivity contribution in [1.82, 2.24) is 10.2 Å². The van der Waals surface area contributed by atoms with Crippen molar-refractivity contribution in [3.8, 4) is 5.75 Å². The lowest BCUT2D eigenvalue weighted by Gasteiger charge is -2.32. The molecule has 0 bridgehead atoms. The number of benzene rings is 3. The molecule has 3 rings (SSSR count). The van der Waals surface area contributed by atoms with Crippen molar-refractivity contribution in [3.05, 3.63) is 89.4 Å². The summed E-state index contributed by atoms with van der Waals surface area (Å²) in [6, 6.07) is 20.5. The standard InChI is InChI=1S/C29H34ClN3O5S/c1-4-5-18-31-29(35)22(2)32(20-23-14-16-24(30)17-15-23)28(34)21-33(25-10-9-11-26(19-25)38-3)39(36,37)27-12-7-6-8-13-27/h6-17,19,22H,4-5,18,20-21H2,1-3H3,(H,31,35). The third-order valence-corrected chi connectivity index (χ3v) is 8.25. The lowest BCUT2D eigenvalue weighted by molar-refractivity contribution is -0.139. The SMILES string of the molecule is CCCCNC(=O)C(C)N(Cc1ccc(Cl)cc1)C(=O)CN(c1cccc(OC)c1)S(=O)(=O)c1ccccc1. The minimum absolute atomic E-state index is 0.0372. The van der Waals surface area contributed by atoms with E-state index in [4.69, 9.17) is 16.3 Å². The van der Waals surface area contributed by atoms with Crippen LogP contribution in [0.5, 0.6) is 5.75 Å². The molecule has 0 radical (unpaired) electrons. The smallest absolute Gasteiger partial charge is 0.264 e. The summed E-state index contributed by atoms with van der Waals surface area (Å²) in [6.45, 7) is 3.71. The normalized spacial score (nSPS) is 11.9. The van der Waals surface area contributed by atoms with Gasteiger partial charge in [-0.1, -0.05) is 61.3 Å². The zero-order valence-electron chi connectivity index (χ0n) is 22.3. The number of rotatable bonds is 13. The van der Waals surface area contributed by atoms with E-state index in [2.05, 4.69) is 5.32 Å². The van der Waals surface area contributed by atoms with Crippen LogP contribution in [0.1, 0.15) is 32.3 Å². The summed E-state index contributed by atoms with van der Waals surface area (Å²) < 4.78 is 33.9. The molecule has 0 aromatic heterocycles. The molecule has 10 heteroatoms. The van der Waals surface area contributed by atoms with Gasteiger partial charge < -0.3 is 15.0 Å². The number of nitrogens with one attached hydrogen (secondary N) is 1. The van der Waals surface area contributed by atoms with Gasteiger partial charge in [-0.25, -0.2) is 8.42 Å². The highest BCUT2D eigenvalue weighted by Gasteiger charge is 2.32. The van der Waals surface area contributed by atoms with Crippen LogP contribution in [0.25, 0.3) is 0 Å². The molecular formula is C29H34ClN3O5S. The molecule has 208 valence electrons. The van der Waals surface area contributed by atoms with E-state index >= 15 is 0 Å². The van der Waals surface area contributed by atoms with E-state index in [9.17, 15) is 18.0 Å². The van der Waals surface area contributed by atoms with Crippen LogP contribution in [-0.2, 0) is 26.2 Å². The van der Waals surface area contributed by atoms with Gasteiger partial charge in [-0.3, -0.25) is 13.9 Å². The lowest BCUT2D eigenvalue weighted by atomic mass is 10.1. The fourth-order valence-corrected chi connectivity index (χ4v) is 5.47.